The summed E-state index contributed by atoms with van der Waals surface area (Å²) in [6, 6.07) is 30.6. The van der Waals surface area contributed by atoms with Crippen molar-refractivity contribution in [3.8, 4) is 0 Å². The number of halogens is 1. The summed E-state index contributed by atoms with van der Waals surface area (Å²) in [4.78, 5) is 55.8. The van der Waals surface area contributed by atoms with E-state index in [4.69, 9.17) is 11.6 Å². The smallest absolute Gasteiger partial charge is 0.273 e. The molecule has 1 saturated heterocycles. The van der Waals surface area contributed by atoms with Gasteiger partial charge in [0.2, 0.25) is 0 Å². The molecule has 4 aliphatic rings. The molecule has 8 rings (SSSR count). The maximum atomic E-state index is 14.3. The number of rotatable bonds is 5. The van der Waals surface area contributed by atoms with Crippen LogP contribution in [-0.4, -0.2) is 40.1 Å². The van der Waals surface area contributed by atoms with Crippen molar-refractivity contribution in [2.75, 3.05) is 6.54 Å². The number of carbonyl (C=O) groups is 4. The molecule has 0 unspecified atom stereocenters. The molecule has 3 amide bonds. The van der Waals surface area contributed by atoms with Crippen LogP contribution in [0.5, 0.6) is 0 Å². The van der Waals surface area contributed by atoms with Gasteiger partial charge >= 0.3 is 0 Å². The van der Waals surface area contributed by atoms with E-state index in [0.717, 1.165) is 32.3 Å². The predicted octanol–water partition coefficient (Wildman–Crippen LogP) is 5.47. The minimum Gasteiger partial charge on any atom is -0.292 e. The molecule has 4 aromatic carbocycles. The number of ketones is 1. The molecule has 0 radical (unpaired) electrons. The molecule has 0 spiro atoms. The third-order valence-electron chi connectivity index (χ3n) is 8.38. The first-order chi connectivity index (χ1) is 19.5. The fraction of sp³-hybridized carbons (Fsp3) is 0.152. The van der Waals surface area contributed by atoms with Gasteiger partial charge in [-0.05, 0) is 46.5 Å². The van der Waals surface area contributed by atoms with Crippen molar-refractivity contribution in [1.82, 2.24) is 10.0 Å². The molecule has 1 fully saturated rings. The van der Waals surface area contributed by atoms with Crippen LogP contribution in [0.2, 0.25) is 5.02 Å². The van der Waals surface area contributed by atoms with Crippen molar-refractivity contribution >= 4 is 35.1 Å². The number of carbonyl (C=O) groups excluding carboxylic acids is 4. The van der Waals surface area contributed by atoms with E-state index in [1.165, 1.54) is 12.1 Å². The Balaban J connectivity index is 1.33. The average Bonchev–Trinajstić information content (AvgIpc) is 3.26. The molecule has 2 atom stereocenters. The van der Waals surface area contributed by atoms with Crippen LogP contribution in [0, 0.1) is 11.8 Å². The highest BCUT2D eigenvalue weighted by molar-refractivity contribution is 6.30. The van der Waals surface area contributed by atoms with Gasteiger partial charge in [-0.3, -0.25) is 19.2 Å². The van der Waals surface area contributed by atoms with E-state index in [1.54, 1.807) is 42.5 Å². The molecular weight excluding hydrogens is 524 g/mol. The molecular formula is C33H23ClN2O4. The summed E-state index contributed by atoms with van der Waals surface area (Å²) >= 11 is 6.05. The second kappa shape index (κ2) is 9.28. The normalized spacial score (nSPS) is 22.0. The molecule has 3 aliphatic carbocycles. The Labute approximate surface area is 235 Å². The lowest BCUT2D eigenvalue weighted by Crippen LogP contribution is -2.52. The van der Waals surface area contributed by atoms with Gasteiger partial charge in [-0.15, -0.1) is 0 Å². The average molecular weight is 547 g/mol. The van der Waals surface area contributed by atoms with E-state index in [-0.39, 0.29) is 23.2 Å². The molecule has 6 nitrogen and oxygen atoms in total. The standard InChI is InChI=1S/C33H23ClN2O4/c34-21-16-14-20(15-17-21)31(38)35(18-26(37)19-8-2-1-3-9-19)36-32(39)29-27-22-10-4-5-11-23(22)28(30(29)33(36)40)25-13-7-6-12-24(25)27/h1-17,27-30H,18H2/t27?,28?,29-,30+. The third kappa shape index (κ3) is 3.56. The number of amides is 3. The zero-order valence-electron chi connectivity index (χ0n) is 21.2. The van der Waals surface area contributed by atoms with Gasteiger partial charge in [-0.1, -0.05) is 90.5 Å². The Morgan fingerprint density at radius 2 is 1.07 bits per heavy atom. The van der Waals surface area contributed by atoms with Crippen molar-refractivity contribution < 1.29 is 19.2 Å². The highest BCUT2D eigenvalue weighted by Gasteiger charge is 2.63. The maximum absolute atomic E-state index is 14.3. The van der Waals surface area contributed by atoms with Gasteiger partial charge in [0.15, 0.2) is 5.78 Å². The summed E-state index contributed by atoms with van der Waals surface area (Å²) in [6.45, 7) is -0.461. The first kappa shape index (κ1) is 24.5. The van der Waals surface area contributed by atoms with Crippen LogP contribution in [0.3, 0.4) is 0 Å². The van der Waals surface area contributed by atoms with Crippen molar-refractivity contribution in [2.45, 2.75) is 11.8 Å². The first-order valence-corrected chi connectivity index (χ1v) is 13.5. The van der Waals surface area contributed by atoms with Gasteiger partial charge in [-0.25, -0.2) is 5.01 Å². The van der Waals surface area contributed by atoms with Crippen LogP contribution in [0.25, 0.3) is 0 Å². The number of nitrogens with zero attached hydrogens (tertiary/aromatic N) is 2. The van der Waals surface area contributed by atoms with Gasteiger partial charge < -0.3 is 0 Å². The molecule has 196 valence electrons. The van der Waals surface area contributed by atoms with E-state index < -0.39 is 36.1 Å². The SMILES string of the molecule is O=C(CN(C(=O)c1ccc(Cl)cc1)N1C(=O)[C@@H]2C3c4ccccc4C(c4ccccc43)[C@@H]2C1=O)c1ccccc1. The van der Waals surface area contributed by atoms with Crippen molar-refractivity contribution in [3.05, 3.63) is 142 Å². The fourth-order valence-electron chi connectivity index (χ4n) is 6.73. The Morgan fingerprint density at radius 1 is 0.625 bits per heavy atom. The Bertz CT molecular complexity index is 1590. The van der Waals surface area contributed by atoms with Crippen LogP contribution in [0.4, 0.5) is 0 Å². The fourth-order valence-corrected chi connectivity index (χ4v) is 6.85. The summed E-state index contributed by atoms with van der Waals surface area (Å²) in [5.41, 5.74) is 4.73. The van der Waals surface area contributed by atoms with E-state index in [2.05, 4.69) is 0 Å². The zero-order valence-corrected chi connectivity index (χ0v) is 22.0. The minimum atomic E-state index is -0.672. The van der Waals surface area contributed by atoms with Gasteiger partial charge in [0.25, 0.3) is 17.7 Å². The second-order valence-electron chi connectivity index (χ2n) is 10.4. The Morgan fingerprint density at radius 3 is 1.55 bits per heavy atom. The number of hydrogen-bond acceptors (Lipinski definition) is 4. The van der Waals surface area contributed by atoms with Gasteiger partial charge in [-0.2, -0.15) is 5.01 Å². The van der Waals surface area contributed by atoms with E-state index in [1.807, 2.05) is 48.5 Å². The van der Waals surface area contributed by atoms with Crippen LogP contribution in [0.15, 0.2) is 103 Å². The number of Topliss-reactive ketones (excluding diaryl/α,β-unsaturated/α-hetero) is 1. The second-order valence-corrected chi connectivity index (χ2v) is 10.8. The molecule has 0 saturated carbocycles. The van der Waals surface area contributed by atoms with Crippen LogP contribution in [-0.2, 0) is 9.59 Å². The summed E-state index contributed by atoms with van der Waals surface area (Å²) in [7, 11) is 0. The zero-order chi connectivity index (χ0) is 27.5. The number of hydrogen-bond donors (Lipinski definition) is 0. The third-order valence-corrected chi connectivity index (χ3v) is 8.63. The molecule has 0 N–H and O–H groups in total. The van der Waals surface area contributed by atoms with Gasteiger partial charge in [0.1, 0.15) is 6.54 Å². The molecule has 1 heterocycles. The maximum Gasteiger partial charge on any atom is 0.273 e. The largest absolute Gasteiger partial charge is 0.292 e. The number of imide groups is 1. The van der Waals surface area contributed by atoms with E-state index in [9.17, 15) is 19.2 Å². The van der Waals surface area contributed by atoms with Crippen LogP contribution in [0.1, 0.15) is 54.8 Å². The molecule has 1 aliphatic heterocycles. The molecule has 2 bridgehead atoms. The first-order valence-electron chi connectivity index (χ1n) is 13.2. The Kier molecular flexibility index (Phi) is 5.68. The summed E-state index contributed by atoms with van der Waals surface area (Å²) in [6.07, 6.45) is 0. The lowest BCUT2D eigenvalue weighted by atomic mass is 9.55. The van der Waals surface area contributed by atoms with Crippen molar-refractivity contribution in [3.63, 3.8) is 0 Å². The molecule has 40 heavy (non-hydrogen) atoms. The van der Waals surface area contributed by atoms with Crippen LogP contribution < -0.4 is 0 Å². The minimum absolute atomic E-state index is 0.218. The Hall–Kier alpha value is -4.55. The quantitative estimate of drug-likeness (QED) is 0.246. The predicted molar refractivity (Wildman–Crippen MR) is 149 cm³/mol. The lowest BCUT2D eigenvalue weighted by Gasteiger charge is -2.45. The summed E-state index contributed by atoms with van der Waals surface area (Å²) in [5.74, 6) is -3.91. The molecule has 7 heteroatoms. The summed E-state index contributed by atoms with van der Waals surface area (Å²) in [5, 5.41) is 2.41. The van der Waals surface area contributed by atoms with Crippen molar-refractivity contribution in [2.24, 2.45) is 11.8 Å². The lowest BCUT2D eigenvalue weighted by molar-refractivity contribution is -0.154. The van der Waals surface area contributed by atoms with Gasteiger partial charge in [0, 0.05) is 28.0 Å². The number of hydrazine groups is 1. The topological polar surface area (TPSA) is 74.8 Å². The highest BCUT2D eigenvalue weighted by atomic mass is 35.5. The van der Waals surface area contributed by atoms with Gasteiger partial charge in [0.05, 0.1) is 11.8 Å². The van der Waals surface area contributed by atoms with E-state index >= 15 is 0 Å². The highest BCUT2D eigenvalue weighted by Crippen LogP contribution is 2.61. The molecule has 4 aromatic rings. The number of benzene rings is 4. The van der Waals surface area contributed by atoms with E-state index in [0.29, 0.717) is 10.6 Å². The van der Waals surface area contributed by atoms with Crippen molar-refractivity contribution in [1.29, 1.82) is 0 Å². The summed E-state index contributed by atoms with van der Waals surface area (Å²) < 4.78 is 0. The molecule has 0 aromatic heterocycles. The van der Waals surface area contributed by atoms with Crippen LogP contribution >= 0.6 is 11.6 Å². The monoisotopic (exact) mass is 546 g/mol.